The van der Waals surface area contributed by atoms with Crippen molar-refractivity contribution in [2.45, 2.75) is 19.3 Å². The molecule has 0 bridgehead atoms. The van der Waals surface area contributed by atoms with Gasteiger partial charge in [0, 0.05) is 42.6 Å². The Morgan fingerprint density at radius 1 is 0.487 bits per heavy atom. The van der Waals surface area contributed by atoms with Crippen LogP contribution in [0.25, 0.3) is 42.1 Å². The van der Waals surface area contributed by atoms with Crippen molar-refractivity contribution < 1.29 is 0 Å². The summed E-state index contributed by atoms with van der Waals surface area (Å²) in [5, 5.41) is 5.16. The zero-order chi connectivity index (χ0) is 26.1. The van der Waals surface area contributed by atoms with E-state index in [0.717, 1.165) is 0 Å². The second kappa shape index (κ2) is 8.30. The normalized spacial score (nSPS) is 13.6. The summed E-state index contributed by atoms with van der Waals surface area (Å²) in [4.78, 5) is 2.43. The monoisotopic (exact) mass is 517 g/mol. The molecule has 39 heavy (non-hydrogen) atoms. The van der Waals surface area contributed by atoms with E-state index in [-0.39, 0.29) is 5.41 Å². The molecule has 0 fully saturated rings. The van der Waals surface area contributed by atoms with E-state index in [9.17, 15) is 0 Å². The first kappa shape index (κ1) is 22.6. The predicted molar refractivity (Wildman–Crippen MR) is 169 cm³/mol. The van der Waals surface area contributed by atoms with Crippen molar-refractivity contribution in [3.8, 4) is 11.1 Å². The van der Waals surface area contributed by atoms with Gasteiger partial charge in [0.2, 0.25) is 0 Å². The number of fused-ring (bicyclic) bond motifs is 7. The molecule has 0 unspecified atom stereocenters. The lowest BCUT2D eigenvalue weighted by molar-refractivity contribution is 0.660. The van der Waals surface area contributed by atoms with Crippen molar-refractivity contribution in [1.29, 1.82) is 0 Å². The van der Waals surface area contributed by atoms with Crippen LogP contribution in [-0.4, -0.2) is 0 Å². The van der Waals surface area contributed by atoms with Crippen LogP contribution in [-0.2, 0) is 5.41 Å². The molecule has 7 aromatic rings. The molecule has 0 radical (unpaired) electrons. The van der Waals surface area contributed by atoms with Crippen LogP contribution >= 0.6 is 11.3 Å². The van der Waals surface area contributed by atoms with Gasteiger partial charge in [-0.25, -0.2) is 0 Å². The Labute approximate surface area is 232 Å². The van der Waals surface area contributed by atoms with E-state index in [2.05, 4.69) is 146 Å². The molecule has 0 spiro atoms. The molecule has 1 aromatic heterocycles. The van der Waals surface area contributed by atoms with Gasteiger partial charge >= 0.3 is 0 Å². The molecular weight excluding hydrogens is 490 g/mol. The number of hydrogen-bond donors (Lipinski definition) is 0. The number of thiophene rings is 1. The Bertz CT molecular complexity index is 2060. The fourth-order valence-electron chi connectivity index (χ4n) is 6.45. The summed E-state index contributed by atoms with van der Waals surface area (Å²) in [6.45, 7) is 4.70. The summed E-state index contributed by atoms with van der Waals surface area (Å²) in [7, 11) is 0. The summed E-state index contributed by atoms with van der Waals surface area (Å²) in [6.07, 6.45) is 0. The molecule has 186 valence electrons. The Balaban J connectivity index is 1.35. The van der Waals surface area contributed by atoms with Crippen LogP contribution in [0.1, 0.15) is 25.0 Å². The third-order valence-electron chi connectivity index (χ3n) is 8.44. The van der Waals surface area contributed by atoms with E-state index in [4.69, 9.17) is 0 Å². The maximum Gasteiger partial charge on any atom is 0.0476 e. The van der Waals surface area contributed by atoms with E-state index in [1.54, 1.807) is 0 Å². The van der Waals surface area contributed by atoms with Crippen LogP contribution < -0.4 is 4.90 Å². The number of benzene rings is 6. The highest BCUT2D eigenvalue weighted by Crippen LogP contribution is 2.51. The molecule has 1 aliphatic rings. The van der Waals surface area contributed by atoms with Gasteiger partial charge in [0.1, 0.15) is 0 Å². The lowest BCUT2D eigenvalue weighted by Crippen LogP contribution is -2.16. The minimum Gasteiger partial charge on any atom is -0.310 e. The Hall–Kier alpha value is -4.40. The first-order valence-corrected chi connectivity index (χ1v) is 14.3. The maximum absolute atomic E-state index is 2.43. The highest BCUT2D eigenvalue weighted by Gasteiger charge is 2.35. The van der Waals surface area contributed by atoms with Crippen molar-refractivity contribution in [3.63, 3.8) is 0 Å². The summed E-state index contributed by atoms with van der Waals surface area (Å²) < 4.78 is 2.65. The topological polar surface area (TPSA) is 3.24 Å². The molecule has 1 aliphatic carbocycles. The van der Waals surface area contributed by atoms with Crippen LogP contribution in [0.4, 0.5) is 17.1 Å². The van der Waals surface area contributed by atoms with Gasteiger partial charge < -0.3 is 4.90 Å². The van der Waals surface area contributed by atoms with Gasteiger partial charge in [-0.05, 0) is 75.5 Å². The van der Waals surface area contributed by atoms with Gasteiger partial charge in [0.15, 0.2) is 0 Å². The van der Waals surface area contributed by atoms with Gasteiger partial charge in [0.25, 0.3) is 0 Å². The molecule has 0 saturated carbocycles. The summed E-state index contributed by atoms with van der Waals surface area (Å²) in [5.74, 6) is 0. The van der Waals surface area contributed by atoms with Gasteiger partial charge in [-0.1, -0.05) is 98.8 Å². The highest BCUT2D eigenvalue weighted by atomic mass is 32.1. The molecule has 2 heteroatoms. The van der Waals surface area contributed by atoms with Crippen molar-refractivity contribution in [2.75, 3.05) is 4.90 Å². The second-order valence-corrected chi connectivity index (χ2v) is 12.1. The van der Waals surface area contributed by atoms with Gasteiger partial charge in [-0.15, -0.1) is 11.3 Å². The lowest BCUT2D eigenvalue weighted by atomic mass is 9.82. The second-order valence-electron chi connectivity index (χ2n) is 11.0. The van der Waals surface area contributed by atoms with Gasteiger partial charge in [-0.2, -0.15) is 0 Å². The third-order valence-corrected chi connectivity index (χ3v) is 9.57. The number of hydrogen-bond acceptors (Lipinski definition) is 2. The Morgan fingerprint density at radius 3 is 2.05 bits per heavy atom. The van der Waals surface area contributed by atoms with Crippen LogP contribution in [0, 0.1) is 0 Å². The zero-order valence-corrected chi connectivity index (χ0v) is 22.8. The molecule has 1 nitrogen and oxygen atoms in total. The van der Waals surface area contributed by atoms with E-state index >= 15 is 0 Å². The summed E-state index contributed by atoms with van der Waals surface area (Å²) in [6, 6.07) is 47.0. The SMILES string of the molecule is CC1(C)c2ccccc2-c2ccc(N(c3ccc4ccccc4c3)c3ccc4c(c3)sc3ccccc34)cc21. The molecule has 0 N–H and O–H groups in total. The Kier molecular flexibility index (Phi) is 4.80. The van der Waals surface area contributed by atoms with E-state index in [0.29, 0.717) is 0 Å². The molecule has 1 heterocycles. The van der Waals surface area contributed by atoms with Crippen molar-refractivity contribution in [3.05, 3.63) is 139 Å². The Morgan fingerprint density at radius 2 is 1.13 bits per heavy atom. The van der Waals surface area contributed by atoms with Crippen molar-refractivity contribution in [1.82, 2.24) is 0 Å². The molecule has 0 amide bonds. The zero-order valence-electron chi connectivity index (χ0n) is 22.0. The van der Waals surface area contributed by atoms with Crippen molar-refractivity contribution in [2.24, 2.45) is 0 Å². The molecular formula is C37H27NS. The van der Waals surface area contributed by atoms with Gasteiger partial charge in [-0.3, -0.25) is 0 Å². The molecule has 6 aromatic carbocycles. The predicted octanol–water partition coefficient (Wildman–Crippen LogP) is 11.0. The quantitative estimate of drug-likeness (QED) is 0.225. The first-order valence-electron chi connectivity index (χ1n) is 13.5. The minimum absolute atomic E-state index is 0.0492. The minimum atomic E-state index is -0.0492. The molecule has 0 aliphatic heterocycles. The first-order chi connectivity index (χ1) is 19.1. The van der Waals surface area contributed by atoms with Crippen LogP contribution in [0.15, 0.2) is 127 Å². The fourth-order valence-corrected chi connectivity index (χ4v) is 7.59. The largest absolute Gasteiger partial charge is 0.310 e. The maximum atomic E-state index is 2.43. The van der Waals surface area contributed by atoms with Crippen molar-refractivity contribution >= 4 is 59.3 Å². The average molecular weight is 518 g/mol. The van der Waals surface area contributed by atoms with Crippen LogP contribution in [0.2, 0.25) is 0 Å². The average Bonchev–Trinajstić information content (AvgIpc) is 3.45. The standard InChI is InChI=1S/C37H27NS/c1-37(2)33-13-7-5-11-29(33)30-19-17-27(22-34(30)37)38(26-16-15-24-9-3-4-10-25(24)21-26)28-18-20-32-31-12-6-8-14-35(31)39-36(32)23-28/h3-23H,1-2H3. The van der Waals surface area contributed by atoms with E-state index in [1.165, 1.54) is 70.3 Å². The van der Waals surface area contributed by atoms with Gasteiger partial charge in [0.05, 0.1) is 0 Å². The van der Waals surface area contributed by atoms with E-state index < -0.39 is 0 Å². The third kappa shape index (κ3) is 3.38. The fraction of sp³-hybridized carbons (Fsp3) is 0.0811. The molecule has 8 rings (SSSR count). The summed E-state index contributed by atoms with van der Waals surface area (Å²) in [5.41, 5.74) is 8.97. The number of anilines is 3. The summed E-state index contributed by atoms with van der Waals surface area (Å²) >= 11 is 1.87. The highest BCUT2D eigenvalue weighted by molar-refractivity contribution is 7.25. The van der Waals surface area contributed by atoms with Crippen LogP contribution in [0.3, 0.4) is 0 Å². The smallest absolute Gasteiger partial charge is 0.0476 e. The van der Waals surface area contributed by atoms with E-state index in [1.807, 2.05) is 11.3 Å². The number of rotatable bonds is 3. The number of nitrogens with zero attached hydrogens (tertiary/aromatic N) is 1. The van der Waals surface area contributed by atoms with Crippen LogP contribution in [0.5, 0.6) is 0 Å². The lowest BCUT2D eigenvalue weighted by Gasteiger charge is -2.28. The molecule has 0 atom stereocenters. The molecule has 0 saturated heterocycles.